The van der Waals surface area contributed by atoms with E-state index in [2.05, 4.69) is 25.5 Å². The molecule has 1 aromatic heterocycles. The highest BCUT2D eigenvalue weighted by Gasteiger charge is 2.30. The molecule has 3 rings (SSSR count). The minimum atomic E-state index is -4.29. The summed E-state index contributed by atoms with van der Waals surface area (Å²) in [4.78, 5) is 12.4. The normalized spacial score (nSPS) is 17.6. The van der Waals surface area contributed by atoms with Crippen molar-refractivity contribution in [2.75, 3.05) is 19.6 Å². The molecule has 1 aliphatic heterocycles. The summed E-state index contributed by atoms with van der Waals surface area (Å²) in [7, 11) is 0. The van der Waals surface area contributed by atoms with Crippen molar-refractivity contribution in [3.05, 3.63) is 51.5 Å². The largest absolute Gasteiger partial charge is 0.416 e. The molecule has 5 nitrogen and oxygen atoms in total. The van der Waals surface area contributed by atoms with Gasteiger partial charge in [0.1, 0.15) is 5.01 Å². The van der Waals surface area contributed by atoms with E-state index in [1.807, 2.05) is 20.0 Å². The Hall–Kier alpha value is -1.40. The number of guanidine groups is 1. The maximum atomic E-state index is 12.7. The number of halogens is 4. The van der Waals surface area contributed by atoms with E-state index < -0.39 is 11.7 Å². The third-order valence-electron chi connectivity index (χ3n) is 4.69. The van der Waals surface area contributed by atoms with Gasteiger partial charge in [-0.3, -0.25) is 4.90 Å². The van der Waals surface area contributed by atoms with E-state index in [1.165, 1.54) is 4.88 Å². The van der Waals surface area contributed by atoms with Gasteiger partial charge < -0.3 is 10.6 Å². The van der Waals surface area contributed by atoms with Crippen LogP contribution in [0.3, 0.4) is 0 Å². The second-order valence-corrected chi connectivity index (χ2v) is 8.44. The first-order valence-electron chi connectivity index (χ1n) is 9.68. The maximum Gasteiger partial charge on any atom is 0.416 e. The van der Waals surface area contributed by atoms with Gasteiger partial charge in [0.05, 0.1) is 12.1 Å². The summed E-state index contributed by atoms with van der Waals surface area (Å²) in [5.74, 6) is 0.765. The van der Waals surface area contributed by atoms with Crippen molar-refractivity contribution in [2.24, 2.45) is 4.99 Å². The SMILES string of the molecule is CCNC(=NCc1ncc(C)s1)NC1CCN(Cc2ccc(C(F)(F)F)cc2)C1.I. The Morgan fingerprint density at radius 1 is 1.30 bits per heavy atom. The van der Waals surface area contributed by atoms with Crippen LogP contribution in [0.4, 0.5) is 13.2 Å². The van der Waals surface area contributed by atoms with Crippen LogP contribution >= 0.6 is 35.3 Å². The van der Waals surface area contributed by atoms with Crippen LogP contribution in [0.1, 0.15) is 34.4 Å². The lowest BCUT2D eigenvalue weighted by Gasteiger charge is -2.19. The number of likely N-dealkylation sites (tertiary alicyclic amines) is 1. The minimum Gasteiger partial charge on any atom is -0.357 e. The molecule has 2 N–H and O–H groups in total. The number of aliphatic imine (C=N–C) groups is 1. The quantitative estimate of drug-likeness (QED) is 0.316. The molecule has 1 unspecified atom stereocenters. The van der Waals surface area contributed by atoms with Gasteiger partial charge in [0.15, 0.2) is 5.96 Å². The molecular weight excluding hydrogens is 526 g/mol. The summed E-state index contributed by atoms with van der Waals surface area (Å²) in [6.45, 7) is 7.71. The van der Waals surface area contributed by atoms with Gasteiger partial charge in [-0.05, 0) is 38.0 Å². The monoisotopic (exact) mass is 553 g/mol. The van der Waals surface area contributed by atoms with Crippen LogP contribution in [0.15, 0.2) is 35.5 Å². The van der Waals surface area contributed by atoms with Crippen molar-refractivity contribution >= 4 is 41.3 Å². The zero-order valence-corrected chi connectivity index (χ0v) is 20.1. The molecule has 2 heterocycles. The zero-order valence-electron chi connectivity index (χ0n) is 17.0. The van der Waals surface area contributed by atoms with Gasteiger partial charge in [0, 0.05) is 43.3 Å². The van der Waals surface area contributed by atoms with Gasteiger partial charge in [0.2, 0.25) is 0 Å². The molecule has 1 saturated heterocycles. The van der Waals surface area contributed by atoms with E-state index in [0.29, 0.717) is 13.1 Å². The summed E-state index contributed by atoms with van der Waals surface area (Å²) in [5, 5.41) is 7.71. The lowest BCUT2D eigenvalue weighted by molar-refractivity contribution is -0.137. The Labute approximate surface area is 196 Å². The Kier molecular flexibility index (Phi) is 9.35. The van der Waals surface area contributed by atoms with Crippen LogP contribution in [-0.2, 0) is 19.3 Å². The molecule has 1 aliphatic rings. The van der Waals surface area contributed by atoms with Crippen molar-refractivity contribution in [1.82, 2.24) is 20.5 Å². The van der Waals surface area contributed by atoms with E-state index in [4.69, 9.17) is 0 Å². The molecule has 0 aliphatic carbocycles. The molecule has 30 heavy (non-hydrogen) atoms. The van der Waals surface area contributed by atoms with Crippen LogP contribution in [0.25, 0.3) is 0 Å². The van der Waals surface area contributed by atoms with Crippen LogP contribution in [0, 0.1) is 6.92 Å². The Morgan fingerprint density at radius 3 is 2.63 bits per heavy atom. The number of hydrogen-bond acceptors (Lipinski definition) is 4. The number of rotatable bonds is 6. The summed E-state index contributed by atoms with van der Waals surface area (Å²) in [5.41, 5.74) is 0.280. The molecule has 0 bridgehead atoms. The van der Waals surface area contributed by atoms with Crippen molar-refractivity contribution < 1.29 is 13.2 Å². The fourth-order valence-corrected chi connectivity index (χ4v) is 4.00. The lowest BCUT2D eigenvalue weighted by Crippen LogP contribution is -2.44. The molecule has 0 radical (unpaired) electrons. The van der Waals surface area contributed by atoms with E-state index in [1.54, 1.807) is 23.5 Å². The molecule has 1 aromatic carbocycles. The first kappa shape index (κ1) is 24.9. The molecular formula is C20H27F3IN5S. The second-order valence-electron chi connectivity index (χ2n) is 7.12. The first-order valence-corrected chi connectivity index (χ1v) is 10.5. The third kappa shape index (κ3) is 7.38. The summed E-state index contributed by atoms with van der Waals surface area (Å²) in [6, 6.07) is 5.67. The van der Waals surface area contributed by atoms with E-state index >= 15 is 0 Å². The number of benzene rings is 1. The maximum absolute atomic E-state index is 12.7. The van der Waals surface area contributed by atoms with Crippen LogP contribution in [0.5, 0.6) is 0 Å². The number of aryl methyl sites for hydroxylation is 1. The number of aromatic nitrogens is 1. The average molecular weight is 553 g/mol. The van der Waals surface area contributed by atoms with Gasteiger partial charge in [0.25, 0.3) is 0 Å². The lowest BCUT2D eigenvalue weighted by atomic mass is 10.1. The molecule has 1 atom stereocenters. The summed E-state index contributed by atoms with van der Waals surface area (Å²) >= 11 is 1.64. The average Bonchev–Trinajstić information content (AvgIpc) is 3.28. The van der Waals surface area contributed by atoms with Crippen molar-refractivity contribution in [3.8, 4) is 0 Å². The molecule has 10 heteroatoms. The highest BCUT2D eigenvalue weighted by molar-refractivity contribution is 14.0. The van der Waals surface area contributed by atoms with Crippen LogP contribution in [-0.4, -0.2) is 41.5 Å². The highest BCUT2D eigenvalue weighted by atomic mass is 127. The van der Waals surface area contributed by atoms with Crippen molar-refractivity contribution in [2.45, 2.75) is 45.6 Å². The van der Waals surface area contributed by atoms with Crippen LogP contribution in [0.2, 0.25) is 0 Å². The van der Waals surface area contributed by atoms with Crippen molar-refractivity contribution in [3.63, 3.8) is 0 Å². The van der Waals surface area contributed by atoms with Gasteiger partial charge >= 0.3 is 6.18 Å². The Balaban J connectivity index is 0.00000320. The molecule has 1 fully saturated rings. The second kappa shape index (κ2) is 11.3. The summed E-state index contributed by atoms with van der Waals surface area (Å²) in [6.07, 6.45) is -1.48. The first-order chi connectivity index (χ1) is 13.8. The fourth-order valence-electron chi connectivity index (χ4n) is 3.29. The number of thiazole rings is 1. The van der Waals surface area contributed by atoms with E-state index in [-0.39, 0.29) is 30.0 Å². The standard InChI is InChI=1S/C20H26F3N5S.HI/c1-3-24-19(26-11-18-25-10-14(2)29-18)27-17-8-9-28(13-17)12-15-4-6-16(7-5-15)20(21,22)23;/h4-7,10,17H,3,8-9,11-13H2,1-2H3,(H2,24,26,27);1H. The zero-order chi connectivity index (χ0) is 20.9. The molecule has 0 spiro atoms. The van der Waals surface area contributed by atoms with Gasteiger partial charge in [-0.2, -0.15) is 13.2 Å². The predicted octanol–water partition coefficient (Wildman–Crippen LogP) is 4.42. The topological polar surface area (TPSA) is 52.6 Å². The number of alkyl halides is 3. The van der Waals surface area contributed by atoms with Crippen LogP contribution < -0.4 is 10.6 Å². The van der Waals surface area contributed by atoms with Gasteiger partial charge in [-0.1, -0.05) is 12.1 Å². The molecule has 166 valence electrons. The Morgan fingerprint density at radius 2 is 2.03 bits per heavy atom. The summed E-state index contributed by atoms with van der Waals surface area (Å²) < 4.78 is 38.1. The fraction of sp³-hybridized carbons (Fsp3) is 0.500. The van der Waals surface area contributed by atoms with E-state index in [0.717, 1.165) is 54.7 Å². The number of hydrogen-bond donors (Lipinski definition) is 2. The van der Waals surface area contributed by atoms with Gasteiger partial charge in [-0.15, -0.1) is 35.3 Å². The molecule has 0 saturated carbocycles. The smallest absolute Gasteiger partial charge is 0.357 e. The Bertz CT molecular complexity index is 823. The minimum absolute atomic E-state index is 0. The molecule has 0 amide bonds. The highest BCUT2D eigenvalue weighted by Crippen LogP contribution is 2.29. The number of nitrogens with zero attached hydrogens (tertiary/aromatic N) is 3. The predicted molar refractivity (Wildman–Crippen MR) is 125 cm³/mol. The molecule has 2 aromatic rings. The van der Waals surface area contributed by atoms with E-state index in [9.17, 15) is 13.2 Å². The third-order valence-corrected chi connectivity index (χ3v) is 5.58. The van der Waals surface area contributed by atoms with Gasteiger partial charge in [-0.25, -0.2) is 9.98 Å². The number of nitrogens with one attached hydrogen (secondary N) is 2. The van der Waals surface area contributed by atoms with Crippen molar-refractivity contribution in [1.29, 1.82) is 0 Å².